The molecule has 0 saturated heterocycles. The molecular formula is C11H16O2. The van der Waals surface area contributed by atoms with Gasteiger partial charge in [-0.2, -0.15) is 0 Å². The van der Waals surface area contributed by atoms with E-state index in [1.807, 2.05) is 20.8 Å². The van der Waals surface area contributed by atoms with Crippen molar-refractivity contribution in [2.75, 3.05) is 0 Å². The summed E-state index contributed by atoms with van der Waals surface area (Å²) in [6.45, 7) is 6.08. The first-order valence-corrected chi connectivity index (χ1v) is 4.74. The van der Waals surface area contributed by atoms with Gasteiger partial charge in [0.2, 0.25) is 0 Å². The Bertz CT molecular complexity index is 284. The van der Waals surface area contributed by atoms with Gasteiger partial charge in [-0.3, -0.25) is 4.79 Å². The number of hydrogen-bond donors (Lipinski definition) is 0. The lowest BCUT2D eigenvalue weighted by molar-refractivity contribution is 0.0966. The van der Waals surface area contributed by atoms with Gasteiger partial charge < -0.3 is 4.42 Å². The molecule has 0 radical (unpaired) electrons. The Morgan fingerprint density at radius 2 is 2.23 bits per heavy atom. The first-order chi connectivity index (χ1) is 6.15. The lowest BCUT2D eigenvalue weighted by atomic mass is 10.0. The van der Waals surface area contributed by atoms with Gasteiger partial charge in [0.05, 0.1) is 11.8 Å². The maximum Gasteiger partial charge on any atom is 0.166 e. The van der Waals surface area contributed by atoms with Gasteiger partial charge in [0.1, 0.15) is 5.76 Å². The molecule has 72 valence electrons. The molecule has 1 aromatic heterocycles. The summed E-state index contributed by atoms with van der Waals surface area (Å²) in [6.07, 6.45) is 2.98. The van der Waals surface area contributed by atoms with Crippen LogP contribution in [0.1, 0.15) is 43.3 Å². The topological polar surface area (TPSA) is 30.2 Å². The zero-order valence-corrected chi connectivity index (χ0v) is 8.46. The summed E-state index contributed by atoms with van der Waals surface area (Å²) in [5.41, 5.74) is 0.760. The second-order valence-electron chi connectivity index (χ2n) is 3.63. The minimum absolute atomic E-state index is 0.195. The van der Waals surface area contributed by atoms with Crippen LogP contribution in [0.2, 0.25) is 0 Å². The molecule has 13 heavy (non-hydrogen) atoms. The van der Waals surface area contributed by atoms with Crippen molar-refractivity contribution in [1.29, 1.82) is 0 Å². The number of carbonyl (C=O) groups excluding carboxylic acids is 1. The Labute approximate surface area is 78.9 Å². The maximum atomic E-state index is 11.6. The molecule has 1 heterocycles. The van der Waals surface area contributed by atoms with Gasteiger partial charge in [0, 0.05) is 12.8 Å². The standard InChI is InChI=1S/C11H16O2/c1-4-11-9(5-6-13-11)10(12)7-8(2)3/h5-6,8H,4,7H2,1-3H3. The second-order valence-corrected chi connectivity index (χ2v) is 3.63. The van der Waals surface area contributed by atoms with Crippen molar-refractivity contribution in [2.45, 2.75) is 33.6 Å². The van der Waals surface area contributed by atoms with E-state index in [1.165, 1.54) is 0 Å². The van der Waals surface area contributed by atoms with Crippen molar-refractivity contribution >= 4 is 5.78 Å². The molecule has 0 aliphatic rings. The summed E-state index contributed by atoms with van der Waals surface area (Å²) in [5.74, 6) is 1.42. The first-order valence-electron chi connectivity index (χ1n) is 4.74. The second kappa shape index (κ2) is 4.26. The highest BCUT2D eigenvalue weighted by Crippen LogP contribution is 2.15. The fourth-order valence-corrected chi connectivity index (χ4v) is 1.34. The van der Waals surface area contributed by atoms with E-state index in [-0.39, 0.29) is 5.78 Å². The van der Waals surface area contributed by atoms with Crippen LogP contribution in [0.25, 0.3) is 0 Å². The average molecular weight is 180 g/mol. The van der Waals surface area contributed by atoms with E-state index in [9.17, 15) is 4.79 Å². The number of Topliss-reactive ketones (excluding diaryl/α,β-unsaturated/α-hetero) is 1. The van der Waals surface area contributed by atoms with Gasteiger partial charge in [-0.05, 0) is 12.0 Å². The minimum atomic E-state index is 0.195. The predicted molar refractivity (Wildman–Crippen MR) is 51.9 cm³/mol. The third kappa shape index (κ3) is 2.44. The Morgan fingerprint density at radius 3 is 2.77 bits per heavy atom. The van der Waals surface area contributed by atoms with Crippen molar-refractivity contribution in [2.24, 2.45) is 5.92 Å². The number of aryl methyl sites for hydroxylation is 1. The Kier molecular flexibility index (Phi) is 3.29. The van der Waals surface area contributed by atoms with Crippen molar-refractivity contribution < 1.29 is 9.21 Å². The summed E-state index contributed by atoms with van der Waals surface area (Å²) in [7, 11) is 0. The summed E-state index contributed by atoms with van der Waals surface area (Å²) >= 11 is 0. The van der Waals surface area contributed by atoms with E-state index >= 15 is 0 Å². The van der Waals surface area contributed by atoms with Crippen LogP contribution < -0.4 is 0 Å². The van der Waals surface area contributed by atoms with Crippen LogP contribution in [0.4, 0.5) is 0 Å². The van der Waals surface area contributed by atoms with Gasteiger partial charge in [0.15, 0.2) is 5.78 Å². The van der Waals surface area contributed by atoms with Gasteiger partial charge in [0.25, 0.3) is 0 Å². The van der Waals surface area contributed by atoms with Crippen LogP contribution in [-0.2, 0) is 6.42 Å². The first kappa shape index (κ1) is 10.0. The van der Waals surface area contributed by atoms with E-state index in [0.29, 0.717) is 12.3 Å². The molecule has 0 aromatic carbocycles. The number of furan rings is 1. The molecule has 2 nitrogen and oxygen atoms in total. The van der Waals surface area contributed by atoms with Crippen molar-refractivity contribution in [1.82, 2.24) is 0 Å². The summed E-state index contributed by atoms with van der Waals surface area (Å²) in [5, 5.41) is 0. The third-order valence-electron chi connectivity index (χ3n) is 1.96. The van der Waals surface area contributed by atoms with E-state index in [2.05, 4.69) is 0 Å². The normalized spacial score (nSPS) is 10.8. The van der Waals surface area contributed by atoms with Crippen LogP contribution in [-0.4, -0.2) is 5.78 Å². The van der Waals surface area contributed by atoms with Crippen LogP contribution in [0.15, 0.2) is 16.7 Å². The number of hydrogen-bond acceptors (Lipinski definition) is 2. The molecular weight excluding hydrogens is 164 g/mol. The Balaban J connectivity index is 2.76. The highest BCUT2D eigenvalue weighted by Gasteiger charge is 2.13. The largest absolute Gasteiger partial charge is 0.469 e. The van der Waals surface area contributed by atoms with Crippen molar-refractivity contribution in [3.8, 4) is 0 Å². The smallest absolute Gasteiger partial charge is 0.166 e. The van der Waals surface area contributed by atoms with E-state index in [4.69, 9.17) is 4.42 Å². The molecule has 0 aliphatic carbocycles. The van der Waals surface area contributed by atoms with Crippen LogP contribution in [0.5, 0.6) is 0 Å². The summed E-state index contributed by atoms with van der Waals surface area (Å²) in [4.78, 5) is 11.6. The zero-order valence-electron chi connectivity index (χ0n) is 8.46. The van der Waals surface area contributed by atoms with Gasteiger partial charge in [-0.15, -0.1) is 0 Å². The molecule has 0 spiro atoms. The van der Waals surface area contributed by atoms with Crippen molar-refractivity contribution in [3.63, 3.8) is 0 Å². The highest BCUT2D eigenvalue weighted by molar-refractivity contribution is 5.97. The van der Waals surface area contributed by atoms with E-state index in [0.717, 1.165) is 17.7 Å². The molecule has 0 unspecified atom stereocenters. The molecule has 1 aromatic rings. The molecule has 2 heteroatoms. The van der Waals surface area contributed by atoms with E-state index < -0.39 is 0 Å². The molecule has 0 bridgehead atoms. The molecule has 0 atom stereocenters. The monoisotopic (exact) mass is 180 g/mol. The lowest BCUT2D eigenvalue weighted by Gasteiger charge is -2.02. The molecule has 0 amide bonds. The fraction of sp³-hybridized carbons (Fsp3) is 0.545. The molecule has 0 aliphatic heterocycles. The Morgan fingerprint density at radius 1 is 1.54 bits per heavy atom. The minimum Gasteiger partial charge on any atom is -0.469 e. The van der Waals surface area contributed by atoms with E-state index in [1.54, 1.807) is 12.3 Å². The van der Waals surface area contributed by atoms with Crippen LogP contribution in [0.3, 0.4) is 0 Å². The lowest BCUT2D eigenvalue weighted by Crippen LogP contribution is -2.04. The average Bonchev–Trinajstić information content (AvgIpc) is 2.49. The van der Waals surface area contributed by atoms with Gasteiger partial charge >= 0.3 is 0 Å². The van der Waals surface area contributed by atoms with Gasteiger partial charge in [-0.25, -0.2) is 0 Å². The number of ketones is 1. The molecule has 1 rings (SSSR count). The van der Waals surface area contributed by atoms with Crippen molar-refractivity contribution in [3.05, 3.63) is 23.7 Å². The fourth-order valence-electron chi connectivity index (χ4n) is 1.34. The SMILES string of the molecule is CCc1occc1C(=O)CC(C)C. The zero-order chi connectivity index (χ0) is 9.84. The third-order valence-corrected chi connectivity index (χ3v) is 1.96. The Hall–Kier alpha value is -1.05. The quantitative estimate of drug-likeness (QED) is 0.666. The van der Waals surface area contributed by atoms with Crippen LogP contribution in [0, 0.1) is 5.92 Å². The maximum absolute atomic E-state index is 11.6. The van der Waals surface area contributed by atoms with Gasteiger partial charge in [-0.1, -0.05) is 20.8 Å². The summed E-state index contributed by atoms with van der Waals surface area (Å²) < 4.78 is 5.20. The summed E-state index contributed by atoms with van der Waals surface area (Å²) in [6, 6.07) is 1.77. The highest BCUT2D eigenvalue weighted by atomic mass is 16.3. The number of rotatable bonds is 4. The predicted octanol–water partition coefficient (Wildman–Crippen LogP) is 3.07. The molecule has 0 saturated carbocycles. The number of carbonyl (C=O) groups is 1. The molecule has 0 fully saturated rings. The molecule has 0 N–H and O–H groups in total. The van der Waals surface area contributed by atoms with Crippen LogP contribution >= 0.6 is 0 Å².